The van der Waals surface area contributed by atoms with E-state index in [0.29, 0.717) is 12.5 Å². The fraction of sp³-hybridized carbons (Fsp3) is 0.375. The van der Waals surface area contributed by atoms with E-state index in [1.54, 1.807) is 18.3 Å². The van der Waals surface area contributed by atoms with Gasteiger partial charge in [-0.25, -0.2) is 4.98 Å². The number of hydrogen-bond donors (Lipinski definition) is 0. The number of rotatable bonds is 5. The molecule has 0 fully saturated rings. The van der Waals surface area contributed by atoms with E-state index >= 15 is 0 Å². The predicted octanol–water partition coefficient (Wildman–Crippen LogP) is 4.04. The summed E-state index contributed by atoms with van der Waals surface area (Å²) in [6.45, 7) is 6.57. The number of thiazole rings is 1. The zero-order valence-corrected chi connectivity index (χ0v) is 12.9. The fourth-order valence-corrected chi connectivity index (χ4v) is 2.72. The van der Waals surface area contributed by atoms with E-state index in [9.17, 15) is 4.79 Å². The molecule has 0 spiro atoms. The normalized spacial score (nSPS) is 10.8. The van der Waals surface area contributed by atoms with Crippen LogP contribution >= 0.6 is 11.3 Å². The Labute approximate surface area is 123 Å². The van der Waals surface area contributed by atoms with Crippen LogP contribution in [0.1, 0.15) is 37.9 Å². The Morgan fingerprint density at radius 3 is 2.60 bits per heavy atom. The largest absolute Gasteiger partial charge is 0.466 e. The first-order valence-corrected chi connectivity index (χ1v) is 7.68. The van der Waals surface area contributed by atoms with Crippen LogP contribution in [-0.4, -0.2) is 17.6 Å². The van der Waals surface area contributed by atoms with Crippen molar-refractivity contribution in [3.63, 3.8) is 0 Å². The molecule has 0 saturated carbocycles. The van der Waals surface area contributed by atoms with Gasteiger partial charge in [0.05, 0.1) is 18.7 Å². The summed E-state index contributed by atoms with van der Waals surface area (Å²) in [7, 11) is 0. The van der Waals surface area contributed by atoms with Crippen LogP contribution in [0, 0.1) is 0 Å². The van der Waals surface area contributed by atoms with Crippen molar-refractivity contribution in [2.45, 2.75) is 33.1 Å². The molecule has 0 unspecified atom stereocenters. The third-order valence-corrected chi connectivity index (χ3v) is 3.95. The van der Waals surface area contributed by atoms with Gasteiger partial charge in [0.1, 0.15) is 5.01 Å². The predicted molar refractivity (Wildman–Crippen MR) is 82.0 cm³/mol. The number of benzene rings is 1. The summed E-state index contributed by atoms with van der Waals surface area (Å²) < 4.78 is 4.93. The van der Waals surface area contributed by atoms with Gasteiger partial charge in [-0.05, 0) is 18.4 Å². The molecule has 1 aromatic carbocycles. The Morgan fingerprint density at radius 1 is 1.30 bits per heavy atom. The Morgan fingerprint density at radius 2 is 2.00 bits per heavy atom. The molecule has 4 heteroatoms. The van der Waals surface area contributed by atoms with Crippen molar-refractivity contribution in [1.29, 1.82) is 0 Å². The molecule has 0 amide bonds. The lowest BCUT2D eigenvalue weighted by atomic mass is 10.0. The second-order valence-electron chi connectivity index (χ2n) is 4.90. The zero-order chi connectivity index (χ0) is 14.5. The van der Waals surface area contributed by atoms with E-state index in [-0.39, 0.29) is 12.4 Å². The maximum atomic E-state index is 11.4. The van der Waals surface area contributed by atoms with Crippen molar-refractivity contribution in [2.75, 3.05) is 6.61 Å². The van der Waals surface area contributed by atoms with Gasteiger partial charge in [0.15, 0.2) is 0 Å². The van der Waals surface area contributed by atoms with Crippen molar-refractivity contribution in [1.82, 2.24) is 4.98 Å². The first-order chi connectivity index (χ1) is 9.60. The van der Waals surface area contributed by atoms with Gasteiger partial charge in [-0.2, -0.15) is 0 Å². The molecular formula is C16H19NO2S. The molecular weight excluding hydrogens is 270 g/mol. The maximum absolute atomic E-state index is 11.4. The van der Waals surface area contributed by atoms with Gasteiger partial charge in [0.25, 0.3) is 0 Å². The minimum atomic E-state index is -0.223. The molecule has 20 heavy (non-hydrogen) atoms. The van der Waals surface area contributed by atoms with Gasteiger partial charge in [0, 0.05) is 10.9 Å². The van der Waals surface area contributed by atoms with E-state index in [0.717, 1.165) is 16.3 Å². The molecule has 0 atom stereocenters. The average molecular weight is 289 g/mol. The van der Waals surface area contributed by atoms with Gasteiger partial charge in [-0.15, -0.1) is 11.3 Å². The van der Waals surface area contributed by atoms with Crippen molar-refractivity contribution in [3.8, 4) is 10.6 Å². The number of nitrogens with zero attached hydrogens (tertiary/aromatic N) is 1. The molecule has 0 aliphatic carbocycles. The van der Waals surface area contributed by atoms with E-state index in [2.05, 4.69) is 43.1 Å². The van der Waals surface area contributed by atoms with Crippen LogP contribution in [0.25, 0.3) is 10.6 Å². The van der Waals surface area contributed by atoms with Crippen LogP contribution in [-0.2, 0) is 16.0 Å². The molecule has 106 valence electrons. The third kappa shape index (κ3) is 3.67. The summed E-state index contributed by atoms with van der Waals surface area (Å²) in [6.07, 6.45) is 0.244. The molecule has 0 N–H and O–H groups in total. The molecule has 3 nitrogen and oxygen atoms in total. The Bertz CT molecular complexity index is 572. The summed E-state index contributed by atoms with van der Waals surface area (Å²) >= 11 is 1.56. The van der Waals surface area contributed by atoms with Crippen LogP contribution in [0.5, 0.6) is 0 Å². The topological polar surface area (TPSA) is 39.2 Å². The Balaban J connectivity index is 2.10. The number of carbonyl (C=O) groups is 1. The minimum Gasteiger partial charge on any atom is -0.466 e. The zero-order valence-electron chi connectivity index (χ0n) is 12.1. The van der Waals surface area contributed by atoms with E-state index in [1.165, 1.54) is 5.56 Å². The highest BCUT2D eigenvalue weighted by Crippen LogP contribution is 2.26. The quantitative estimate of drug-likeness (QED) is 0.780. The highest BCUT2D eigenvalue weighted by molar-refractivity contribution is 7.13. The molecule has 0 bridgehead atoms. The summed E-state index contributed by atoms with van der Waals surface area (Å²) in [5.74, 6) is 0.305. The third-order valence-electron chi connectivity index (χ3n) is 3.01. The molecule has 0 saturated heterocycles. The summed E-state index contributed by atoms with van der Waals surface area (Å²) in [5.41, 5.74) is 3.18. The van der Waals surface area contributed by atoms with Crippen LogP contribution in [0.2, 0.25) is 0 Å². The number of ether oxygens (including phenoxy) is 1. The smallest absolute Gasteiger partial charge is 0.311 e. The lowest BCUT2D eigenvalue weighted by Gasteiger charge is -2.05. The first-order valence-electron chi connectivity index (χ1n) is 6.80. The second kappa shape index (κ2) is 6.66. The highest BCUT2D eigenvalue weighted by atomic mass is 32.1. The van der Waals surface area contributed by atoms with Gasteiger partial charge in [-0.1, -0.05) is 38.1 Å². The standard InChI is InChI=1S/C16H19NO2S/c1-4-19-15(18)9-14-10-20-16(17-14)13-7-5-12(6-8-13)11(2)3/h5-8,10-11H,4,9H2,1-3H3. The van der Waals surface area contributed by atoms with Gasteiger partial charge in [-0.3, -0.25) is 4.79 Å². The highest BCUT2D eigenvalue weighted by Gasteiger charge is 2.10. The SMILES string of the molecule is CCOC(=O)Cc1csc(-c2ccc(C(C)C)cc2)n1. The lowest BCUT2D eigenvalue weighted by molar-refractivity contribution is -0.142. The Kier molecular flexibility index (Phi) is 4.90. The molecule has 0 radical (unpaired) electrons. The Hall–Kier alpha value is -1.68. The first kappa shape index (κ1) is 14.7. The van der Waals surface area contributed by atoms with Gasteiger partial charge in [0.2, 0.25) is 0 Å². The summed E-state index contributed by atoms with van der Waals surface area (Å²) in [6, 6.07) is 8.43. The second-order valence-corrected chi connectivity index (χ2v) is 5.76. The summed E-state index contributed by atoms with van der Waals surface area (Å²) in [5, 5.41) is 2.86. The van der Waals surface area contributed by atoms with Gasteiger partial charge < -0.3 is 4.74 Å². The van der Waals surface area contributed by atoms with Crippen LogP contribution < -0.4 is 0 Å². The van der Waals surface area contributed by atoms with Crippen molar-refractivity contribution in [2.24, 2.45) is 0 Å². The van der Waals surface area contributed by atoms with Crippen LogP contribution in [0.4, 0.5) is 0 Å². The lowest BCUT2D eigenvalue weighted by Crippen LogP contribution is -2.07. The molecule has 1 heterocycles. The minimum absolute atomic E-state index is 0.223. The molecule has 0 aliphatic heterocycles. The van der Waals surface area contributed by atoms with Crippen LogP contribution in [0.15, 0.2) is 29.6 Å². The number of hydrogen-bond acceptors (Lipinski definition) is 4. The van der Waals surface area contributed by atoms with Crippen molar-refractivity contribution < 1.29 is 9.53 Å². The van der Waals surface area contributed by atoms with E-state index in [1.807, 2.05) is 5.38 Å². The van der Waals surface area contributed by atoms with E-state index < -0.39 is 0 Å². The maximum Gasteiger partial charge on any atom is 0.311 e. The molecule has 2 aromatic rings. The molecule has 1 aromatic heterocycles. The number of esters is 1. The monoisotopic (exact) mass is 289 g/mol. The van der Waals surface area contributed by atoms with Crippen molar-refractivity contribution >= 4 is 17.3 Å². The van der Waals surface area contributed by atoms with Gasteiger partial charge >= 0.3 is 5.97 Å². The summed E-state index contributed by atoms with van der Waals surface area (Å²) in [4.78, 5) is 15.9. The number of aromatic nitrogens is 1. The van der Waals surface area contributed by atoms with Crippen molar-refractivity contribution in [3.05, 3.63) is 40.9 Å². The average Bonchev–Trinajstić information content (AvgIpc) is 2.87. The van der Waals surface area contributed by atoms with Crippen LogP contribution in [0.3, 0.4) is 0 Å². The fourth-order valence-electron chi connectivity index (χ4n) is 1.89. The van der Waals surface area contributed by atoms with E-state index in [4.69, 9.17) is 4.74 Å². The molecule has 2 rings (SSSR count). The number of carbonyl (C=O) groups excluding carboxylic acids is 1. The molecule has 0 aliphatic rings.